The van der Waals surface area contributed by atoms with Crippen LogP contribution in [0.2, 0.25) is 5.02 Å². The molecule has 1 amide bonds. The van der Waals surface area contributed by atoms with Crippen LogP contribution in [-0.2, 0) is 4.79 Å². The number of aryl methyl sites for hydroxylation is 1. The Hall–Kier alpha value is -2.48. The molecule has 2 N–H and O–H groups in total. The van der Waals surface area contributed by atoms with Crippen molar-refractivity contribution < 1.29 is 4.79 Å². The Balaban J connectivity index is 1.74. The zero-order chi connectivity index (χ0) is 22.1. The van der Waals surface area contributed by atoms with Gasteiger partial charge in [0.15, 0.2) is 5.11 Å². The Kier molecular flexibility index (Phi) is 6.27. The van der Waals surface area contributed by atoms with Gasteiger partial charge in [0.05, 0.1) is 28.5 Å². The van der Waals surface area contributed by atoms with Gasteiger partial charge in [0.1, 0.15) is 0 Å². The molecule has 2 aromatic heterocycles. The minimum Gasteiger partial charge on any atom is -0.351 e. The van der Waals surface area contributed by atoms with Crippen molar-refractivity contribution >= 4 is 57.5 Å². The van der Waals surface area contributed by atoms with E-state index in [2.05, 4.69) is 38.9 Å². The molecule has 0 radical (unpaired) electrons. The first kappa shape index (κ1) is 21.7. The molecule has 1 aliphatic heterocycles. The molecule has 1 aromatic carbocycles. The number of nitrogens with zero attached hydrogens (tertiary/aromatic N) is 2. The topological polar surface area (TPSA) is 57.3 Å². The summed E-state index contributed by atoms with van der Waals surface area (Å²) in [5.41, 5.74) is 3.59. The highest BCUT2D eigenvalue weighted by Gasteiger charge is 2.42. The zero-order valence-corrected chi connectivity index (χ0v) is 19.8. The first-order valence-corrected chi connectivity index (χ1v) is 11.7. The number of carbonyl (C=O) groups excluding carboxylic acids is 1. The Morgan fingerprint density at radius 3 is 2.71 bits per heavy atom. The maximum absolute atomic E-state index is 12.1. The molecule has 3 aromatic rings. The number of nitrogens with one attached hydrogen (secondary N) is 2. The van der Waals surface area contributed by atoms with Crippen molar-refractivity contribution in [2.24, 2.45) is 5.92 Å². The molecule has 0 spiro atoms. The fourth-order valence-electron chi connectivity index (χ4n) is 3.62. The summed E-state index contributed by atoms with van der Waals surface area (Å²) in [5, 5.41) is 9.51. The summed E-state index contributed by atoms with van der Waals surface area (Å²) >= 11 is 14.0. The third kappa shape index (κ3) is 4.31. The number of aromatic nitrogens is 1. The minimum absolute atomic E-state index is 0.0606. The highest BCUT2D eigenvalue weighted by molar-refractivity contribution is 7.80. The summed E-state index contributed by atoms with van der Waals surface area (Å²) in [6, 6.07) is 13.5. The van der Waals surface area contributed by atoms with Crippen LogP contribution in [0.1, 0.15) is 42.1 Å². The molecule has 4 rings (SSSR count). The number of thiophene rings is 1. The van der Waals surface area contributed by atoms with Gasteiger partial charge in [-0.15, -0.1) is 11.3 Å². The second-order valence-corrected chi connectivity index (χ2v) is 9.51. The highest BCUT2D eigenvalue weighted by atomic mass is 35.5. The first-order chi connectivity index (χ1) is 14.9. The van der Waals surface area contributed by atoms with Crippen LogP contribution in [0.15, 0.2) is 54.0 Å². The maximum atomic E-state index is 12.1. The highest BCUT2D eigenvalue weighted by Crippen LogP contribution is 2.45. The van der Waals surface area contributed by atoms with Crippen LogP contribution >= 0.6 is 35.2 Å². The predicted octanol–water partition coefficient (Wildman–Crippen LogP) is 5.88. The number of benzene rings is 1. The van der Waals surface area contributed by atoms with Crippen LogP contribution in [-0.4, -0.2) is 16.0 Å². The van der Waals surface area contributed by atoms with Crippen molar-refractivity contribution in [3.05, 3.63) is 75.2 Å². The number of thiocarbonyl (C=S) groups is 1. The Labute approximate surface area is 196 Å². The van der Waals surface area contributed by atoms with Gasteiger partial charge in [-0.25, -0.2) is 0 Å². The molecular formula is C23H23ClN4OS2. The predicted molar refractivity (Wildman–Crippen MR) is 132 cm³/mol. The van der Waals surface area contributed by atoms with Crippen LogP contribution in [0.3, 0.4) is 0 Å². The van der Waals surface area contributed by atoms with Gasteiger partial charge in [0.25, 0.3) is 0 Å². The lowest BCUT2D eigenvalue weighted by atomic mass is 10.0. The second-order valence-electron chi connectivity index (χ2n) is 7.77. The molecule has 1 saturated heterocycles. The van der Waals surface area contributed by atoms with Crippen LogP contribution < -0.4 is 15.5 Å². The largest absolute Gasteiger partial charge is 0.351 e. The van der Waals surface area contributed by atoms with Gasteiger partial charge in [-0.05, 0) is 66.5 Å². The molecule has 0 bridgehead atoms. The van der Waals surface area contributed by atoms with Crippen molar-refractivity contribution in [3.63, 3.8) is 0 Å². The Morgan fingerprint density at radius 1 is 1.29 bits per heavy atom. The molecular weight excluding hydrogens is 448 g/mol. The monoisotopic (exact) mass is 470 g/mol. The summed E-state index contributed by atoms with van der Waals surface area (Å²) in [6.45, 7) is 5.80. The Morgan fingerprint density at radius 2 is 2.10 bits per heavy atom. The summed E-state index contributed by atoms with van der Waals surface area (Å²) in [6.07, 6.45) is 1.80. The number of carbonyl (C=O) groups is 1. The average Bonchev–Trinajstić information content (AvgIpc) is 3.32. The molecule has 0 aliphatic carbocycles. The summed E-state index contributed by atoms with van der Waals surface area (Å²) in [7, 11) is 0. The minimum atomic E-state index is -0.128. The SMILES string of the molecule is Cc1ccsc1C1C(c2ccccn2)NC(=S)N1c1ccc(NC(=O)C(C)C)c(Cl)c1. The number of anilines is 2. The fourth-order valence-corrected chi connectivity index (χ4v) is 5.24. The first-order valence-electron chi connectivity index (χ1n) is 10.0. The lowest BCUT2D eigenvalue weighted by Gasteiger charge is -2.28. The third-order valence-electron chi connectivity index (χ3n) is 5.28. The van der Waals surface area contributed by atoms with Gasteiger partial charge in [0, 0.05) is 22.7 Å². The molecule has 160 valence electrons. The van der Waals surface area contributed by atoms with E-state index in [-0.39, 0.29) is 23.9 Å². The lowest BCUT2D eigenvalue weighted by Crippen LogP contribution is -2.29. The van der Waals surface area contributed by atoms with E-state index in [9.17, 15) is 4.79 Å². The van der Waals surface area contributed by atoms with Gasteiger partial charge >= 0.3 is 0 Å². The molecule has 8 heteroatoms. The molecule has 5 nitrogen and oxygen atoms in total. The molecule has 2 atom stereocenters. The molecule has 0 saturated carbocycles. The third-order valence-corrected chi connectivity index (χ3v) is 7.00. The van der Waals surface area contributed by atoms with Gasteiger partial charge in [-0.2, -0.15) is 0 Å². The van der Waals surface area contributed by atoms with Crippen molar-refractivity contribution in [2.75, 3.05) is 10.2 Å². The van der Waals surface area contributed by atoms with Gasteiger partial charge in [0.2, 0.25) is 5.91 Å². The van der Waals surface area contributed by atoms with E-state index >= 15 is 0 Å². The molecule has 3 heterocycles. The molecule has 2 unspecified atom stereocenters. The van der Waals surface area contributed by atoms with E-state index in [0.717, 1.165) is 11.4 Å². The van der Waals surface area contributed by atoms with Crippen molar-refractivity contribution in [1.82, 2.24) is 10.3 Å². The van der Waals surface area contributed by atoms with Crippen LogP contribution in [0.25, 0.3) is 0 Å². The van der Waals surface area contributed by atoms with E-state index in [1.807, 2.05) is 50.2 Å². The number of hydrogen-bond donors (Lipinski definition) is 2. The summed E-state index contributed by atoms with van der Waals surface area (Å²) in [5.74, 6) is -0.202. The Bertz CT molecular complexity index is 1120. The summed E-state index contributed by atoms with van der Waals surface area (Å²) < 4.78 is 0. The lowest BCUT2D eigenvalue weighted by molar-refractivity contribution is -0.118. The molecule has 31 heavy (non-hydrogen) atoms. The second kappa shape index (κ2) is 8.94. The van der Waals surface area contributed by atoms with E-state index in [1.54, 1.807) is 17.5 Å². The zero-order valence-electron chi connectivity index (χ0n) is 17.4. The number of pyridine rings is 1. The molecule has 1 fully saturated rings. The smallest absolute Gasteiger partial charge is 0.226 e. The quantitative estimate of drug-likeness (QED) is 0.456. The number of rotatable bonds is 5. The molecule has 1 aliphatic rings. The summed E-state index contributed by atoms with van der Waals surface area (Å²) in [4.78, 5) is 20.0. The van der Waals surface area contributed by atoms with Gasteiger partial charge in [-0.3, -0.25) is 9.78 Å². The number of halogens is 1. The van der Waals surface area contributed by atoms with Crippen LogP contribution in [0, 0.1) is 12.8 Å². The van der Waals surface area contributed by atoms with Crippen molar-refractivity contribution in [1.29, 1.82) is 0 Å². The number of amides is 1. The number of hydrogen-bond acceptors (Lipinski definition) is 4. The normalized spacial score (nSPS) is 18.4. The van der Waals surface area contributed by atoms with E-state index in [1.165, 1.54) is 10.4 Å². The maximum Gasteiger partial charge on any atom is 0.226 e. The van der Waals surface area contributed by atoms with E-state index in [4.69, 9.17) is 23.8 Å². The van der Waals surface area contributed by atoms with Crippen LogP contribution in [0.4, 0.5) is 11.4 Å². The standard InChI is InChI=1S/C23H23ClN4OS2/c1-13(2)22(29)26-17-8-7-15(12-16(17)24)28-20(21-14(3)9-11-31-21)19(27-23(28)30)18-6-4-5-10-25-18/h4-13,19-20H,1-3H3,(H,26,29)(H,27,30). The van der Waals surface area contributed by atoms with E-state index in [0.29, 0.717) is 15.8 Å². The van der Waals surface area contributed by atoms with Crippen LogP contribution in [0.5, 0.6) is 0 Å². The van der Waals surface area contributed by atoms with Crippen molar-refractivity contribution in [2.45, 2.75) is 32.9 Å². The van der Waals surface area contributed by atoms with Gasteiger partial charge < -0.3 is 15.5 Å². The van der Waals surface area contributed by atoms with Crippen molar-refractivity contribution in [3.8, 4) is 0 Å². The van der Waals surface area contributed by atoms with E-state index < -0.39 is 0 Å². The average molecular weight is 471 g/mol. The fraction of sp³-hybridized carbons (Fsp3) is 0.261. The van der Waals surface area contributed by atoms with Gasteiger partial charge in [-0.1, -0.05) is 31.5 Å².